The molecular formula is C13H19N7. The van der Waals surface area contributed by atoms with Crippen molar-refractivity contribution in [1.29, 1.82) is 0 Å². The number of pyridine rings is 1. The van der Waals surface area contributed by atoms with Crippen molar-refractivity contribution in [1.82, 2.24) is 24.6 Å². The smallest absolute Gasteiger partial charge is 0.140 e. The van der Waals surface area contributed by atoms with E-state index in [4.69, 9.17) is 5.73 Å². The Kier molecular flexibility index (Phi) is 3.51. The van der Waals surface area contributed by atoms with Crippen LogP contribution in [-0.4, -0.2) is 50.8 Å². The average molecular weight is 273 g/mol. The van der Waals surface area contributed by atoms with Crippen LogP contribution in [0.2, 0.25) is 0 Å². The van der Waals surface area contributed by atoms with E-state index in [-0.39, 0.29) is 0 Å². The second kappa shape index (κ2) is 5.46. The monoisotopic (exact) mass is 273 g/mol. The molecule has 3 heterocycles. The molecule has 2 N–H and O–H groups in total. The number of hydrogen-bond donors (Lipinski definition) is 1. The lowest BCUT2D eigenvalue weighted by molar-refractivity contribution is 0.241. The van der Waals surface area contributed by atoms with E-state index in [2.05, 4.69) is 24.9 Å². The lowest BCUT2D eigenvalue weighted by atomic mass is 10.2. The van der Waals surface area contributed by atoms with Crippen molar-refractivity contribution in [2.45, 2.75) is 6.54 Å². The molecule has 106 valence electrons. The predicted octanol–water partition coefficient (Wildman–Crippen LogP) is 0.115. The summed E-state index contributed by atoms with van der Waals surface area (Å²) in [6.07, 6.45) is 5.10. The van der Waals surface area contributed by atoms with E-state index in [0.29, 0.717) is 0 Å². The van der Waals surface area contributed by atoms with Crippen LogP contribution >= 0.6 is 0 Å². The van der Waals surface area contributed by atoms with Gasteiger partial charge in [-0.15, -0.1) is 0 Å². The van der Waals surface area contributed by atoms with Crippen molar-refractivity contribution in [3.05, 3.63) is 30.6 Å². The maximum Gasteiger partial charge on any atom is 0.140 e. The number of piperazine rings is 1. The van der Waals surface area contributed by atoms with Gasteiger partial charge in [0, 0.05) is 39.4 Å². The quantitative estimate of drug-likeness (QED) is 0.855. The van der Waals surface area contributed by atoms with Crippen molar-refractivity contribution in [2.75, 3.05) is 36.8 Å². The van der Waals surface area contributed by atoms with Gasteiger partial charge in [0.25, 0.3) is 0 Å². The minimum Gasteiger partial charge on any atom is -0.396 e. The molecule has 0 saturated carbocycles. The fraction of sp³-hybridized carbons (Fsp3) is 0.462. The number of nitrogens with two attached hydrogens (primary N) is 1. The molecule has 3 rings (SSSR count). The lowest BCUT2D eigenvalue weighted by Crippen LogP contribution is -2.46. The van der Waals surface area contributed by atoms with Crippen molar-refractivity contribution in [2.24, 2.45) is 7.05 Å². The third kappa shape index (κ3) is 2.57. The average Bonchev–Trinajstić information content (AvgIpc) is 2.86. The highest BCUT2D eigenvalue weighted by molar-refractivity contribution is 5.66. The minimum absolute atomic E-state index is 0.745. The van der Waals surface area contributed by atoms with E-state index in [1.807, 2.05) is 17.8 Å². The zero-order chi connectivity index (χ0) is 13.9. The molecule has 0 atom stereocenters. The van der Waals surface area contributed by atoms with Gasteiger partial charge in [-0.25, -0.2) is 4.98 Å². The van der Waals surface area contributed by atoms with Crippen LogP contribution in [-0.2, 0) is 13.6 Å². The first-order valence-corrected chi connectivity index (χ1v) is 6.73. The van der Waals surface area contributed by atoms with Crippen LogP contribution in [0.3, 0.4) is 0 Å². The van der Waals surface area contributed by atoms with Gasteiger partial charge in [-0.1, -0.05) is 0 Å². The fourth-order valence-corrected chi connectivity index (χ4v) is 2.50. The van der Waals surface area contributed by atoms with E-state index in [1.165, 1.54) is 0 Å². The molecule has 1 aliphatic heterocycles. The predicted molar refractivity (Wildman–Crippen MR) is 77.1 cm³/mol. The maximum absolute atomic E-state index is 5.98. The van der Waals surface area contributed by atoms with Crippen LogP contribution in [0, 0.1) is 0 Å². The van der Waals surface area contributed by atoms with Crippen LogP contribution in [0.1, 0.15) is 5.82 Å². The standard InChI is InChI=1S/C13H19N7/c1-18-13(16-10-17-18)9-19-4-6-20(7-5-19)12-2-3-15-8-11(12)14/h2-3,8,10H,4-7,9,14H2,1H3. The first-order chi connectivity index (χ1) is 9.74. The van der Waals surface area contributed by atoms with Crippen LogP contribution in [0.15, 0.2) is 24.8 Å². The Bertz CT molecular complexity index is 572. The van der Waals surface area contributed by atoms with Crippen molar-refractivity contribution >= 4 is 11.4 Å². The Morgan fingerprint density at radius 3 is 2.70 bits per heavy atom. The van der Waals surface area contributed by atoms with Gasteiger partial charge >= 0.3 is 0 Å². The third-order valence-electron chi connectivity index (χ3n) is 3.71. The Balaban J connectivity index is 1.60. The fourth-order valence-electron chi connectivity index (χ4n) is 2.50. The summed E-state index contributed by atoms with van der Waals surface area (Å²) >= 11 is 0. The normalized spacial score (nSPS) is 16.6. The van der Waals surface area contributed by atoms with Gasteiger partial charge in [0.15, 0.2) is 0 Å². The molecule has 0 aliphatic carbocycles. The molecule has 7 nitrogen and oxygen atoms in total. The Labute approximate surface area is 118 Å². The third-order valence-corrected chi connectivity index (χ3v) is 3.71. The van der Waals surface area contributed by atoms with Crippen LogP contribution in [0.5, 0.6) is 0 Å². The number of anilines is 2. The SMILES string of the molecule is Cn1ncnc1CN1CCN(c2ccncc2N)CC1. The zero-order valence-electron chi connectivity index (χ0n) is 11.6. The van der Waals surface area contributed by atoms with Gasteiger partial charge in [0.2, 0.25) is 0 Å². The minimum atomic E-state index is 0.745. The Morgan fingerprint density at radius 1 is 1.25 bits per heavy atom. The topological polar surface area (TPSA) is 76.1 Å². The van der Waals surface area contributed by atoms with Crippen LogP contribution in [0.4, 0.5) is 11.4 Å². The molecule has 1 fully saturated rings. The highest BCUT2D eigenvalue weighted by atomic mass is 15.3. The number of aryl methyl sites for hydroxylation is 1. The van der Waals surface area contributed by atoms with Crippen molar-refractivity contribution < 1.29 is 0 Å². The molecule has 0 amide bonds. The van der Waals surface area contributed by atoms with Gasteiger partial charge < -0.3 is 10.6 Å². The van der Waals surface area contributed by atoms with Crippen LogP contribution in [0.25, 0.3) is 0 Å². The summed E-state index contributed by atoms with van der Waals surface area (Å²) in [6.45, 7) is 4.76. The summed E-state index contributed by atoms with van der Waals surface area (Å²) in [4.78, 5) is 13.0. The summed E-state index contributed by atoms with van der Waals surface area (Å²) in [6, 6.07) is 1.98. The summed E-state index contributed by atoms with van der Waals surface area (Å²) in [5, 5.41) is 4.10. The molecule has 20 heavy (non-hydrogen) atoms. The molecule has 1 saturated heterocycles. The van der Waals surface area contributed by atoms with E-state index in [9.17, 15) is 0 Å². The molecule has 0 bridgehead atoms. The summed E-state index contributed by atoms with van der Waals surface area (Å²) < 4.78 is 1.83. The van der Waals surface area contributed by atoms with Gasteiger partial charge in [0.1, 0.15) is 12.2 Å². The van der Waals surface area contributed by atoms with Gasteiger partial charge in [-0.05, 0) is 6.07 Å². The van der Waals surface area contributed by atoms with E-state index in [1.54, 1.807) is 18.7 Å². The molecular weight excluding hydrogens is 254 g/mol. The molecule has 0 unspecified atom stereocenters. The first-order valence-electron chi connectivity index (χ1n) is 6.73. The molecule has 0 aromatic carbocycles. The highest BCUT2D eigenvalue weighted by Gasteiger charge is 2.19. The second-order valence-electron chi connectivity index (χ2n) is 5.00. The Morgan fingerprint density at radius 2 is 2.05 bits per heavy atom. The maximum atomic E-state index is 5.98. The number of hydrogen-bond acceptors (Lipinski definition) is 6. The van der Waals surface area contributed by atoms with Gasteiger partial charge in [0.05, 0.1) is 24.1 Å². The van der Waals surface area contributed by atoms with E-state index in [0.717, 1.165) is 49.9 Å². The molecule has 7 heteroatoms. The number of nitrogen functional groups attached to an aromatic ring is 1. The summed E-state index contributed by atoms with van der Waals surface area (Å²) in [5.74, 6) is 1.00. The zero-order valence-corrected chi connectivity index (χ0v) is 11.6. The second-order valence-corrected chi connectivity index (χ2v) is 5.00. The summed E-state index contributed by atoms with van der Waals surface area (Å²) in [5.41, 5.74) is 7.80. The molecule has 0 radical (unpaired) electrons. The lowest BCUT2D eigenvalue weighted by Gasteiger charge is -2.36. The number of rotatable bonds is 3. The largest absolute Gasteiger partial charge is 0.396 e. The van der Waals surface area contributed by atoms with Gasteiger partial charge in [-0.3, -0.25) is 14.6 Å². The molecule has 0 spiro atoms. The highest BCUT2D eigenvalue weighted by Crippen LogP contribution is 2.22. The van der Waals surface area contributed by atoms with Gasteiger partial charge in [-0.2, -0.15) is 5.10 Å². The first kappa shape index (κ1) is 12.9. The van der Waals surface area contributed by atoms with Crippen molar-refractivity contribution in [3.63, 3.8) is 0 Å². The van der Waals surface area contributed by atoms with Crippen molar-refractivity contribution in [3.8, 4) is 0 Å². The van der Waals surface area contributed by atoms with E-state index >= 15 is 0 Å². The number of nitrogens with zero attached hydrogens (tertiary/aromatic N) is 6. The number of aromatic nitrogens is 4. The molecule has 1 aliphatic rings. The molecule has 2 aromatic heterocycles. The van der Waals surface area contributed by atoms with Crippen LogP contribution < -0.4 is 10.6 Å². The molecule has 2 aromatic rings. The van der Waals surface area contributed by atoms with E-state index < -0.39 is 0 Å². The Hall–Kier alpha value is -2.15. The summed E-state index contributed by atoms with van der Waals surface area (Å²) in [7, 11) is 1.93.